The summed E-state index contributed by atoms with van der Waals surface area (Å²) in [7, 11) is 3.19. The number of aromatic nitrogens is 6. The number of rotatable bonds is 21. The number of aromatic hydroxyl groups is 1. The van der Waals surface area contributed by atoms with E-state index in [0.717, 1.165) is 45.1 Å². The lowest BCUT2D eigenvalue weighted by atomic mass is 10.1. The van der Waals surface area contributed by atoms with Crippen molar-refractivity contribution < 1.29 is 51.1 Å². The summed E-state index contributed by atoms with van der Waals surface area (Å²) < 4.78 is 75.5. The molecule has 0 spiro atoms. The minimum Gasteiger partial charge on any atom is -0.507 e. The highest BCUT2D eigenvalue weighted by Crippen LogP contribution is 2.40. The minimum absolute atomic E-state index is 0.0113. The summed E-state index contributed by atoms with van der Waals surface area (Å²) >= 11 is 2.55. The lowest BCUT2D eigenvalue weighted by Crippen LogP contribution is -2.22. The van der Waals surface area contributed by atoms with E-state index in [-0.39, 0.29) is 53.8 Å². The average Bonchev–Trinajstić information content (AvgIpc) is 4.21. The van der Waals surface area contributed by atoms with Crippen LogP contribution in [0.2, 0.25) is 0 Å². The van der Waals surface area contributed by atoms with Crippen LogP contribution in [0.25, 0.3) is 21.9 Å². The number of phenolic OH excluding ortho intramolecular Hbond substituents is 1. The van der Waals surface area contributed by atoms with Crippen LogP contribution in [-0.2, 0) is 48.6 Å². The molecule has 18 nitrogen and oxygen atoms in total. The smallest absolute Gasteiger partial charge is 0.387 e. The zero-order chi connectivity index (χ0) is 52.0. The standard InChI is InChI=1S/C26H25F2N5O4S.C24H24FN5O4S/c1-4-6-23(34)29-12-18-13-30-33(15-18)14-17-9-20(36-26(27)28)24-21(10-17)37-31-25(24)32-38-22-11-16(5-2)7-8-19(22)35-3;1-4-15-5-6-19(33-3)21(9-15)35-29-23-22-18(31)7-16(8-20(22)34-28-23)12-30-13-17(11-27-30)10-26-24(32)14(2)25/h7-11,13,15,26H,5,12,14H2,1-3H3,(H,29,34)(H,31,32);5-9,11,13,31H,2,4,10,12H2,1,3H3,(H,26,32)(H,28,29). The normalized spacial score (nSPS) is 10.9. The molecule has 0 radical (unpaired) electrons. The van der Waals surface area contributed by atoms with Gasteiger partial charge >= 0.3 is 6.61 Å². The molecule has 380 valence electrons. The number of ether oxygens (including phenoxy) is 3. The molecule has 4 aromatic carbocycles. The summed E-state index contributed by atoms with van der Waals surface area (Å²) in [6.45, 7) is 6.58. The second-order valence-electron chi connectivity index (χ2n) is 15.7. The molecule has 73 heavy (non-hydrogen) atoms. The van der Waals surface area contributed by atoms with Gasteiger partial charge in [0, 0.05) is 36.6 Å². The summed E-state index contributed by atoms with van der Waals surface area (Å²) in [6, 6.07) is 18.4. The first-order chi connectivity index (χ1) is 35.3. The number of phenols is 1. The van der Waals surface area contributed by atoms with Crippen molar-refractivity contribution >= 4 is 69.3 Å². The van der Waals surface area contributed by atoms with Crippen LogP contribution in [0.15, 0.2) is 117 Å². The van der Waals surface area contributed by atoms with Gasteiger partial charge in [-0.3, -0.25) is 19.0 Å². The molecule has 2 amide bonds. The Hall–Kier alpha value is -8.23. The molecule has 8 rings (SSSR count). The van der Waals surface area contributed by atoms with Crippen molar-refractivity contribution in [2.24, 2.45) is 0 Å². The molecule has 0 fully saturated rings. The number of nitrogens with one attached hydrogen (secondary N) is 4. The van der Waals surface area contributed by atoms with Gasteiger partial charge in [0.15, 0.2) is 28.6 Å². The minimum atomic E-state index is -3.05. The van der Waals surface area contributed by atoms with Crippen LogP contribution in [-0.4, -0.2) is 67.6 Å². The maximum absolute atomic E-state index is 13.3. The Bertz CT molecular complexity index is 3310. The number of alkyl halides is 2. The van der Waals surface area contributed by atoms with Crippen molar-refractivity contribution in [3.8, 4) is 34.8 Å². The van der Waals surface area contributed by atoms with Crippen LogP contribution in [0.3, 0.4) is 0 Å². The molecule has 0 aliphatic heterocycles. The predicted molar refractivity (Wildman–Crippen MR) is 270 cm³/mol. The molecular formula is C50H49F3N10O8S2. The van der Waals surface area contributed by atoms with E-state index < -0.39 is 18.3 Å². The van der Waals surface area contributed by atoms with E-state index in [1.54, 1.807) is 73.5 Å². The first-order valence-corrected chi connectivity index (χ1v) is 23.9. The van der Waals surface area contributed by atoms with Crippen LogP contribution in [0.4, 0.5) is 24.8 Å². The molecule has 0 unspecified atom stereocenters. The summed E-state index contributed by atoms with van der Waals surface area (Å²) in [5.74, 6) is 4.59. The summed E-state index contributed by atoms with van der Waals surface area (Å²) in [6.07, 6.45) is 8.36. The molecule has 0 bridgehead atoms. The maximum Gasteiger partial charge on any atom is 0.387 e. The highest BCUT2D eigenvalue weighted by molar-refractivity contribution is 8.01. The van der Waals surface area contributed by atoms with Gasteiger partial charge in [0.25, 0.3) is 11.8 Å². The number of fused-ring (bicyclic) bond motifs is 2. The van der Waals surface area contributed by atoms with E-state index in [4.69, 9.17) is 23.3 Å². The molecule has 0 saturated carbocycles. The zero-order valence-corrected chi connectivity index (χ0v) is 41.7. The molecule has 8 aromatic rings. The summed E-state index contributed by atoms with van der Waals surface area (Å²) in [5.41, 5.74) is 5.76. The van der Waals surface area contributed by atoms with Gasteiger partial charge in [0.2, 0.25) is 0 Å². The number of halogens is 3. The molecule has 0 atom stereocenters. The number of hydrogen-bond donors (Lipinski definition) is 5. The van der Waals surface area contributed by atoms with Crippen LogP contribution in [0.5, 0.6) is 23.0 Å². The fourth-order valence-electron chi connectivity index (χ4n) is 7.12. The van der Waals surface area contributed by atoms with Crippen molar-refractivity contribution in [3.63, 3.8) is 0 Å². The van der Waals surface area contributed by atoms with Crippen molar-refractivity contribution in [3.05, 3.63) is 131 Å². The van der Waals surface area contributed by atoms with E-state index in [1.807, 2.05) is 43.3 Å². The Balaban J connectivity index is 0.000000214. The Morgan fingerprint density at radius 1 is 0.740 bits per heavy atom. The second kappa shape index (κ2) is 24.7. The van der Waals surface area contributed by atoms with Crippen LogP contribution in [0.1, 0.15) is 54.2 Å². The van der Waals surface area contributed by atoms with Gasteiger partial charge in [0.05, 0.1) is 49.5 Å². The van der Waals surface area contributed by atoms with Gasteiger partial charge in [-0.1, -0.05) is 48.8 Å². The number of anilines is 2. The van der Waals surface area contributed by atoms with Crippen LogP contribution < -0.4 is 34.3 Å². The first-order valence-electron chi connectivity index (χ1n) is 22.3. The predicted octanol–water partition coefficient (Wildman–Crippen LogP) is 9.57. The molecule has 4 heterocycles. The van der Waals surface area contributed by atoms with E-state index in [0.29, 0.717) is 40.2 Å². The topological polar surface area (TPSA) is 218 Å². The fraction of sp³-hybridized carbons (Fsp3) is 0.240. The maximum atomic E-state index is 13.3. The molecule has 23 heteroatoms. The SMILES string of the molecule is C=C(F)C(=O)NCc1cnn(Cc2cc(O)c3c(NSc4cc(CC)ccc4OC)noc3c2)c1.CC#CC(=O)NCc1cnn(Cc2cc(OC(F)F)c3c(NSc4cc(CC)ccc4OC)noc3c2)c1. The third kappa shape index (κ3) is 13.8. The Labute approximate surface area is 425 Å². The zero-order valence-electron chi connectivity index (χ0n) is 40.0. The molecule has 5 N–H and O–H groups in total. The number of benzene rings is 4. The van der Waals surface area contributed by atoms with Crippen molar-refractivity contribution in [1.82, 2.24) is 40.5 Å². The van der Waals surface area contributed by atoms with E-state index in [9.17, 15) is 27.9 Å². The van der Waals surface area contributed by atoms with Gasteiger partial charge in [0.1, 0.15) is 33.8 Å². The highest BCUT2D eigenvalue weighted by atomic mass is 32.2. The van der Waals surface area contributed by atoms with E-state index in [1.165, 1.54) is 35.5 Å². The monoisotopic (exact) mass is 1040 g/mol. The van der Waals surface area contributed by atoms with Gasteiger partial charge in [-0.2, -0.15) is 19.0 Å². The van der Waals surface area contributed by atoms with Gasteiger partial charge < -0.3 is 48.4 Å². The molecule has 0 aliphatic carbocycles. The van der Waals surface area contributed by atoms with Gasteiger partial charge in [-0.15, -0.1) is 0 Å². The number of nitrogens with zero attached hydrogens (tertiary/aromatic N) is 6. The van der Waals surface area contributed by atoms with Crippen molar-refractivity contribution in [2.75, 3.05) is 23.7 Å². The number of amides is 2. The Morgan fingerprint density at radius 3 is 1.77 bits per heavy atom. The molecule has 4 aromatic heterocycles. The van der Waals surface area contributed by atoms with Crippen LogP contribution >= 0.6 is 23.9 Å². The van der Waals surface area contributed by atoms with E-state index in [2.05, 4.69) is 65.9 Å². The highest BCUT2D eigenvalue weighted by Gasteiger charge is 2.21. The lowest BCUT2D eigenvalue weighted by Gasteiger charge is -2.11. The number of methoxy groups -OCH3 is 2. The quantitative estimate of drug-likeness (QED) is 0.0257. The number of carbonyl (C=O) groups excluding carboxylic acids is 2. The third-order valence-corrected chi connectivity index (χ3v) is 12.3. The van der Waals surface area contributed by atoms with Gasteiger partial charge in [-0.25, -0.2) is 4.39 Å². The van der Waals surface area contributed by atoms with Gasteiger partial charge in [-0.05, 0) is 120 Å². The molecule has 0 aliphatic rings. The van der Waals surface area contributed by atoms with Crippen molar-refractivity contribution in [2.45, 2.75) is 76.2 Å². The first kappa shape index (κ1) is 52.6. The number of hydrogen-bond acceptors (Lipinski definition) is 16. The summed E-state index contributed by atoms with van der Waals surface area (Å²) in [4.78, 5) is 24.5. The average molecular weight is 1040 g/mol. The fourth-order valence-corrected chi connectivity index (χ4v) is 8.73. The third-order valence-electron chi connectivity index (χ3n) is 10.7. The summed E-state index contributed by atoms with van der Waals surface area (Å²) in [5, 5.41) is 33.1. The molecule has 0 saturated heterocycles. The van der Waals surface area contributed by atoms with E-state index >= 15 is 0 Å². The largest absolute Gasteiger partial charge is 0.507 e. The number of carbonyl (C=O) groups is 2. The Morgan fingerprint density at radius 2 is 1.26 bits per heavy atom. The second-order valence-corrected chi connectivity index (χ2v) is 17.4. The lowest BCUT2D eigenvalue weighted by molar-refractivity contribution is -0.119. The molecular weight excluding hydrogens is 990 g/mol. The van der Waals surface area contributed by atoms with Crippen LogP contribution in [0, 0.1) is 11.8 Å². The van der Waals surface area contributed by atoms with Crippen molar-refractivity contribution in [1.29, 1.82) is 0 Å². The number of aryl methyl sites for hydroxylation is 2. The Kier molecular flexibility index (Phi) is 17.8.